The summed E-state index contributed by atoms with van der Waals surface area (Å²) in [4.78, 5) is 20.2. The van der Waals surface area contributed by atoms with E-state index in [0.29, 0.717) is 18.1 Å². The number of aryl methyl sites for hydroxylation is 1. The summed E-state index contributed by atoms with van der Waals surface area (Å²) in [6.45, 7) is 2.40. The summed E-state index contributed by atoms with van der Waals surface area (Å²) < 4.78 is 0. The summed E-state index contributed by atoms with van der Waals surface area (Å²) in [5, 5.41) is 13.0. The van der Waals surface area contributed by atoms with E-state index in [0.717, 1.165) is 9.88 Å². The Hall–Kier alpha value is -2.15. The molecule has 0 fully saturated rings. The van der Waals surface area contributed by atoms with Gasteiger partial charge < -0.3 is 16.2 Å². The van der Waals surface area contributed by atoms with Crippen LogP contribution >= 0.6 is 11.3 Å². The average molecular weight is 264 g/mol. The largest absolute Gasteiger partial charge is 0.478 e. The van der Waals surface area contributed by atoms with Crippen LogP contribution in [0.4, 0.5) is 11.5 Å². The Morgan fingerprint density at radius 2 is 2.28 bits per heavy atom. The predicted molar refractivity (Wildman–Crippen MR) is 69.8 cm³/mol. The Morgan fingerprint density at radius 1 is 1.50 bits per heavy atom. The van der Waals surface area contributed by atoms with E-state index in [1.807, 2.05) is 6.92 Å². The molecule has 0 amide bonds. The van der Waals surface area contributed by atoms with E-state index in [4.69, 9.17) is 10.8 Å². The highest BCUT2D eigenvalue weighted by molar-refractivity contribution is 7.11. The first-order valence-corrected chi connectivity index (χ1v) is 6.02. The number of nitrogens with two attached hydrogens (primary N) is 1. The molecule has 6 nitrogen and oxygen atoms in total. The van der Waals surface area contributed by atoms with Crippen molar-refractivity contribution in [3.8, 4) is 0 Å². The van der Waals surface area contributed by atoms with Gasteiger partial charge in [-0.25, -0.2) is 14.8 Å². The van der Waals surface area contributed by atoms with Crippen molar-refractivity contribution in [2.24, 2.45) is 0 Å². The van der Waals surface area contributed by atoms with Gasteiger partial charge in [-0.1, -0.05) is 0 Å². The van der Waals surface area contributed by atoms with Crippen LogP contribution in [0.15, 0.2) is 18.5 Å². The minimum Gasteiger partial charge on any atom is -0.478 e. The molecule has 0 aliphatic rings. The van der Waals surface area contributed by atoms with E-state index in [9.17, 15) is 4.79 Å². The Labute approximate surface area is 108 Å². The van der Waals surface area contributed by atoms with Gasteiger partial charge in [-0.15, -0.1) is 11.3 Å². The number of nitrogens with one attached hydrogen (secondary N) is 1. The summed E-state index contributed by atoms with van der Waals surface area (Å²) in [5.74, 6) is -0.750. The summed E-state index contributed by atoms with van der Waals surface area (Å²) >= 11 is 1.55. The maximum Gasteiger partial charge on any atom is 0.339 e. The lowest BCUT2D eigenvalue weighted by Crippen LogP contribution is -2.08. The van der Waals surface area contributed by atoms with Gasteiger partial charge in [0.2, 0.25) is 0 Å². The Bertz CT molecular complexity index is 582. The van der Waals surface area contributed by atoms with Gasteiger partial charge in [0.05, 0.1) is 23.4 Å². The number of nitrogens with zero attached hydrogens (tertiary/aromatic N) is 2. The van der Waals surface area contributed by atoms with Gasteiger partial charge in [-0.3, -0.25) is 0 Å². The van der Waals surface area contributed by atoms with Crippen molar-refractivity contribution in [3.63, 3.8) is 0 Å². The van der Waals surface area contributed by atoms with Gasteiger partial charge in [0, 0.05) is 11.1 Å². The first-order chi connectivity index (χ1) is 8.56. The zero-order chi connectivity index (χ0) is 13.1. The molecule has 0 bridgehead atoms. The van der Waals surface area contributed by atoms with E-state index < -0.39 is 5.97 Å². The molecule has 0 aromatic carbocycles. The topological polar surface area (TPSA) is 101 Å². The summed E-state index contributed by atoms with van der Waals surface area (Å²) in [7, 11) is 0. The van der Waals surface area contributed by atoms with Gasteiger partial charge in [0.15, 0.2) is 0 Å². The lowest BCUT2D eigenvalue weighted by molar-refractivity contribution is 0.0697. The van der Waals surface area contributed by atoms with E-state index in [-0.39, 0.29) is 5.56 Å². The van der Waals surface area contributed by atoms with Crippen LogP contribution in [0.2, 0.25) is 0 Å². The van der Waals surface area contributed by atoms with Crippen LogP contribution in [0.1, 0.15) is 20.2 Å². The number of carbonyl (C=O) groups is 1. The molecule has 2 aromatic heterocycles. The molecule has 4 N–H and O–H groups in total. The maximum absolute atomic E-state index is 11.0. The minimum atomic E-state index is -1.06. The van der Waals surface area contributed by atoms with Crippen LogP contribution in [-0.4, -0.2) is 21.0 Å². The smallest absolute Gasteiger partial charge is 0.339 e. The van der Waals surface area contributed by atoms with Gasteiger partial charge in [-0.05, 0) is 13.0 Å². The molecule has 7 heteroatoms. The molecule has 0 spiro atoms. The van der Waals surface area contributed by atoms with Gasteiger partial charge in [-0.2, -0.15) is 0 Å². The van der Waals surface area contributed by atoms with Crippen molar-refractivity contribution in [3.05, 3.63) is 33.9 Å². The lowest BCUT2D eigenvalue weighted by atomic mass is 10.2. The van der Waals surface area contributed by atoms with Gasteiger partial charge in [0.25, 0.3) is 0 Å². The highest BCUT2D eigenvalue weighted by atomic mass is 32.1. The first kappa shape index (κ1) is 12.3. The van der Waals surface area contributed by atoms with Crippen LogP contribution in [0, 0.1) is 6.92 Å². The van der Waals surface area contributed by atoms with Crippen molar-refractivity contribution in [1.82, 2.24) is 9.97 Å². The van der Waals surface area contributed by atoms with Crippen LogP contribution in [0.5, 0.6) is 0 Å². The fraction of sp³-hybridized carbons (Fsp3) is 0.182. The fourth-order valence-corrected chi connectivity index (χ4v) is 2.18. The molecule has 2 rings (SSSR count). The summed E-state index contributed by atoms with van der Waals surface area (Å²) in [6.07, 6.45) is 3.18. The van der Waals surface area contributed by atoms with Crippen LogP contribution < -0.4 is 11.1 Å². The number of carboxylic acids is 1. The molecule has 0 saturated heterocycles. The Morgan fingerprint density at radius 3 is 2.89 bits per heavy atom. The highest BCUT2D eigenvalue weighted by Crippen LogP contribution is 2.18. The zero-order valence-electron chi connectivity index (χ0n) is 9.67. The highest BCUT2D eigenvalue weighted by Gasteiger charge is 2.12. The van der Waals surface area contributed by atoms with Crippen LogP contribution in [0.3, 0.4) is 0 Å². The van der Waals surface area contributed by atoms with Gasteiger partial charge in [0.1, 0.15) is 11.4 Å². The lowest BCUT2D eigenvalue weighted by Gasteiger charge is -2.07. The second kappa shape index (κ2) is 5.01. The molecular formula is C11H12N4O2S. The molecular weight excluding hydrogens is 252 g/mol. The average Bonchev–Trinajstić information content (AvgIpc) is 2.73. The normalized spacial score (nSPS) is 10.3. The molecule has 2 aromatic rings. The van der Waals surface area contributed by atoms with Crippen molar-refractivity contribution in [1.29, 1.82) is 0 Å². The number of nitrogen functional groups attached to an aromatic ring is 1. The fourth-order valence-electron chi connectivity index (χ4n) is 1.44. The third-order valence-corrected chi connectivity index (χ3v) is 3.15. The third-order valence-electron chi connectivity index (χ3n) is 2.24. The number of aromatic nitrogens is 2. The maximum atomic E-state index is 11.0. The predicted octanol–water partition coefficient (Wildman–Crippen LogP) is 1.74. The number of hydrogen-bond donors (Lipinski definition) is 3. The second-order valence-corrected chi connectivity index (χ2v) is 4.99. The number of aromatic carboxylic acids is 1. The molecule has 0 atom stereocenters. The van der Waals surface area contributed by atoms with Crippen LogP contribution in [-0.2, 0) is 6.54 Å². The SMILES string of the molecule is Cc1ncc(CNc2ncc(N)cc2C(=O)O)s1. The Balaban J connectivity index is 2.16. The number of thiazole rings is 1. The standard InChI is InChI=1S/C11H12N4O2S/c1-6-13-4-8(18-6)5-15-10-9(11(16)17)2-7(12)3-14-10/h2-4H,5,12H2,1H3,(H,14,15)(H,16,17). The van der Waals surface area contributed by atoms with E-state index >= 15 is 0 Å². The number of rotatable bonds is 4. The van der Waals surface area contributed by atoms with E-state index in [1.165, 1.54) is 12.3 Å². The molecule has 94 valence electrons. The minimum absolute atomic E-state index is 0.0660. The molecule has 0 aliphatic carbocycles. The molecule has 2 heterocycles. The third kappa shape index (κ3) is 2.75. The summed E-state index contributed by atoms with van der Waals surface area (Å²) in [6, 6.07) is 1.38. The quantitative estimate of drug-likeness (QED) is 0.777. The molecule has 0 radical (unpaired) electrons. The van der Waals surface area contributed by atoms with Gasteiger partial charge >= 0.3 is 5.97 Å². The number of hydrogen-bond acceptors (Lipinski definition) is 6. The molecule has 0 saturated carbocycles. The molecule has 18 heavy (non-hydrogen) atoms. The van der Waals surface area contributed by atoms with Crippen molar-refractivity contribution < 1.29 is 9.90 Å². The van der Waals surface area contributed by atoms with Crippen molar-refractivity contribution in [2.75, 3.05) is 11.1 Å². The molecule has 0 aliphatic heterocycles. The monoisotopic (exact) mass is 264 g/mol. The van der Waals surface area contributed by atoms with Crippen molar-refractivity contribution >= 4 is 28.8 Å². The first-order valence-electron chi connectivity index (χ1n) is 5.20. The van der Waals surface area contributed by atoms with E-state index in [1.54, 1.807) is 17.5 Å². The molecule has 0 unspecified atom stereocenters. The van der Waals surface area contributed by atoms with Crippen molar-refractivity contribution in [2.45, 2.75) is 13.5 Å². The summed E-state index contributed by atoms with van der Waals surface area (Å²) in [5.41, 5.74) is 5.91. The number of carboxylic acid groups (broad SMARTS) is 1. The van der Waals surface area contributed by atoms with E-state index in [2.05, 4.69) is 15.3 Å². The number of pyridine rings is 1. The second-order valence-electron chi connectivity index (χ2n) is 3.67. The van der Waals surface area contributed by atoms with Crippen LogP contribution in [0.25, 0.3) is 0 Å². The zero-order valence-corrected chi connectivity index (χ0v) is 10.5. The Kier molecular flexibility index (Phi) is 3.42. The number of anilines is 2.